The van der Waals surface area contributed by atoms with Crippen molar-refractivity contribution in [3.63, 3.8) is 0 Å². The third kappa shape index (κ3) is 2.45. The number of allylic oxidation sites excluding steroid dienone is 1. The minimum Gasteiger partial charge on any atom is -0.493 e. The lowest BCUT2D eigenvalue weighted by atomic mass is 10.2. The van der Waals surface area contributed by atoms with E-state index < -0.39 is 0 Å². The molecule has 0 aliphatic carbocycles. The zero-order valence-electron chi connectivity index (χ0n) is 11.5. The number of aromatic nitrogens is 2. The first-order valence-corrected chi connectivity index (χ1v) is 5.95. The molecule has 2 rings (SSSR count). The number of carbonyl (C=O) groups is 1. The van der Waals surface area contributed by atoms with Gasteiger partial charge in [-0.1, -0.05) is 0 Å². The molecule has 0 aliphatic heterocycles. The van der Waals surface area contributed by atoms with E-state index in [1.807, 2.05) is 44.2 Å². The molecular formula is C14H17N3O2. The van der Waals surface area contributed by atoms with Gasteiger partial charge in [0.1, 0.15) is 5.69 Å². The Kier molecular flexibility index (Phi) is 3.55. The van der Waals surface area contributed by atoms with Crippen LogP contribution in [0.2, 0.25) is 0 Å². The van der Waals surface area contributed by atoms with E-state index in [1.165, 1.54) is 6.08 Å². The summed E-state index contributed by atoms with van der Waals surface area (Å²) < 4.78 is 7.01. The summed E-state index contributed by atoms with van der Waals surface area (Å²) in [7, 11) is 5.33. The Hall–Kier alpha value is -2.30. The minimum absolute atomic E-state index is 0.0769. The molecule has 0 radical (unpaired) electrons. The zero-order valence-corrected chi connectivity index (χ0v) is 11.5. The highest BCUT2D eigenvalue weighted by Crippen LogP contribution is 2.21. The van der Waals surface area contributed by atoms with Crippen LogP contribution in [0.3, 0.4) is 0 Å². The maximum absolute atomic E-state index is 12.2. The van der Waals surface area contributed by atoms with Crippen LogP contribution in [-0.2, 0) is 0 Å². The maximum atomic E-state index is 12.2. The second-order valence-corrected chi connectivity index (χ2v) is 4.46. The number of carbonyl (C=O) groups excluding carboxylic acids is 1. The molecular weight excluding hydrogens is 242 g/mol. The van der Waals surface area contributed by atoms with Gasteiger partial charge in [-0.3, -0.25) is 9.20 Å². The monoisotopic (exact) mass is 259 g/mol. The van der Waals surface area contributed by atoms with Gasteiger partial charge in [0.05, 0.1) is 12.8 Å². The minimum atomic E-state index is -0.0769. The molecule has 0 aliphatic rings. The molecule has 0 N–H and O–H groups in total. The smallest absolute Gasteiger partial charge is 0.205 e. The van der Waals surface area contributed by atoms with E-state index in [0.29, 0.717) is 22.8 Å². The van der Waals surface area contributed by atoms with E-state index in [0.717, 1.165) is 0 Å². The van der Waals surface area contributed by atoms with Crippen molar-refractivity contribution in [3.05, 3.63) is 42.0 Å². The molecule has 0 spiro atoms. The van der Waals surface area contributed by atoms with Crippen LogP contribution in [0.4, 0.5) is 0 Å². The van der Waals surface area contributed by atoms with Crippen LogP contribution in [-0.4, -0.2) is 41.3 Å². The number of ketones is 1. The zero-order chi connectivity index (χ0) is 14.0. The average Bonchev–Trinajstić information content (AvgIpc) is 2.71. The quantitative estimate of drug-likeness (QED) is 0.621. The molecule has 0 saturated heterocycles. The van der Waals surface area contributed by atoms with E-state index >= 15 is 0 Å². The molecule has 0 fully saturated rings. The van der Waals surface area contributed by atoms with Gasteiger partial charge in [0.25, 0.3) is 0 Å². The van der Waals surface area contributed by atoms with Gasteiger partial charge >= 0.3 is 0 Å². The predicted molar refractivity (Wildman–Crippen MR) is 73.6 cm³/mol. The van der Waals surface area contributed by atoms with Gasteiger partial charge in [-0.25, -0.2) is 4.98 Å². The van der Waals surface area contributed by atoms with Crippen molar-refractivity contribution in [2.75, 3.05) is 21.2 Å². The summed E-state index contributed by atoms with van der Waals surface area (Å²) in [6.45, 7) is 1.82. The summed E-state index contributed by atoms with van der Waals surface area (Å²) in [5.41, 5.74) is 1.91. The van der Waals surface area contributed by atoms with E-state index in [4.69, 9.17) is 4.74 Å². The van der Waals surface area contributed by atoms with Gasteiger partial charge in [0.2, 0.25) is 5.78 Å². The van der Waals surface area contributed by atoms with Crippen molar-refractivity contribution in [1.82, 2.24) is 14.3 Å². The number of rotatable bonds is 4. The topological polar surface area (TPSA) is 46.8 Å². The highest BCUT2D eigenvalue weighted by Gasteiger charge is 2.16. The summed E-state index contributed by atoms with van der Waals surface area (Å²) in [6, 6.07) is 3.66. The molecule has 2 aromatic heterocycles. The third-order valence-corrected chi connectivity index (χ3v) is 2.77. The van der Waals surface area contributed by atoms with Gasteiger partial charge in [-0.2, -0.15) is 0 Å². The molecule has 0 amide bonds. The second-order valence-electron chi connectivity index (χ2n) is 4.46. The summed E-state index contributed by atoms with van der Waals surface area (Å²) in [5, 5.41) is 0. The van der Waals surface area contributed by atoms with Gasteiger partial charge in [0, 0.05) is 32.6 Å². The number of methoxy groups -OCH3 is 1. The Labute approximate surface area is 112 Å². The molecule has 2 heterocycles. The first-order chi connectivity index (χ1) is 9.04. The van der Waals surface area contributed by atoms with Crippen molar-refractivity contribution >= 4 is 11.4 Å². The Morgan fingerprint density at radius 2 is 2.21 bits per heavy atom. The van der Waals surface area contributed by atoms with Crippen molar-refractivity contribution in [3.8, 4) is 5.75 Å². The molecule has 5 nitrogen and oxygen atoms in total. The van der Waals surface area contributed by atoms with Gasteiger partial charge in [-0.05, 0) is 19.1 Å². The standard InChI is InChI=1S/C14H17N3O2/c1-10-13(11(18)7-9-16(2)3)17-8-5-6-12(19-4)14(17)15-10/h5-9H,1-4H3. The Balaban J connectivity index is 2.55. The van der Waals surface area contributed by atoms with E-state index in [9.17, 15) is 4.79 Å². The number of ether oxygens (including phenoxy) is 1. The fraction of sp³-hybridized carbons (Fsp3) is 0.286. The summed E-state index contributed by atoms with van der Waals surface area (Å²) in [6.07, 6.45) is 5.08. The van der Waals surface area contributed by atoms with Crippen LogP contribution in [0.1, 0.15) is 16.2 Å². The number of nitrogens with zero attached hydrogens (tertiary/aromatic N) is 3. The van der Waals surface area contributed by atoms with Crippen molar-refractivity contribution in [1.29, 1.82) is 0 Å². The van der Waals surface area contributed by atoms with E-state index in [2.05, 4.69) is 4.98 Å². The molecule has 0 saturated carbocycles. The van der Waals surface area contributed by atoms with Crippen molar-refractivity contribution in [2.24, 2.45) is 0 Å². The third-order valence-electron chi connectivity index (χ3n) is 2.77. The highest BCUT2D eigenvalue weighted by molar-refractivity contribution is 6.04. The Bertz CT molecular complexity index is 641. The first kappa shape index (κ1) is 13.1. The molecule has 5 heteroatoms. The number of imidazole rings is 1. The number of fused-ring (bicyclic) bond motifs is 1. The Morgan fingerprint density at radius 1 is 1.47 bits per heavy atom. The predicted octanol–water partition coefficient (Wildman–Crippen LogP) is 1.91. The number of pyridine rings is 1. The van der Waals surface area contributed by atoms with Crippen LogP contribution in [0.25, 0.3) is 5.65 Å². The number of aryl methyl sites for hydroxylation is 1. The largest absolute Gasteiger partial charge is 0.493 e. The van der Waals surface area contributed by atoms with Crippen LogP contribution in [0.5, 0.6) is 5.75 Å². The van der Waals surface area contributed by atoms with Crippen LogP contribution in [0, 0.1) is 6.92 Å². The first-order valence-electron chi connectivity index (χ1n) is 5.95. The Morgan fingerprint density at radius 3 is 2.84 bits per heavy atom. The van der Waals surface area contributed by atoms with Crippen LogP contribution < -0.4 is 4.74 Å². The van der Waals surface area contributed by atoms with Crippen LogP contribution in [0.15, 0.2) is 30.6 Å². The average molecular weight is 259 g/mol. The second kappa shape index (κ2) is 5.14. The van der Waals surface area contributed by atoms with Crippen LogP contribution >= 0.6 is 0 Å². The number of hydrogen-bond donors (Lipinski definition) is 0. The lowest BCUT2D eigenvalue weighted by Gasteiger charge is -2.04. The normalized spacial score (nSPS) is 11.2. The summed E-state index contributed by atoms with van der Waals surface area (Å²) in [5.74, 6) is 0.577. The summed E-state index contributed by atoms with van der Waals surface area (Å²) >= 11 is 0. The highest BCUT2D eigenvalue weighted by atomic mass is 16.5. The lowest BCUT2D eigenvalue weighted by Crippen LogP contribution is -2.06. The lowest BCUT2D eigenvalue weighted by molar-refractivity contribution is 0.104. The molecule has 100 valence electrons. The fourth-order valence-electron chi connectivity index (χ4n) is 1.91. The maximum Gasteiger partial charge on any atom is 0.205 e. The van der Waals surface area contributed by atoms with Gasteiger partial charge < -0.3 is 9.64 Å². The van der Waals surface area contributed by atoms with Crippen molar-refractivity contribution in [2.45, 2.75) is 6.92 Å². The van der Waals surface area contributed by atoms with E-state index in [-0.39, 0.29) is 5.78 Å². The van der Waals surface area contributed by atoms with Gasteiger partial charge in [-0.15, -0.1) is 0 Å². The van der Waals surface area contributed by atoms with Crippen molar-refractivity contribution < 1.29 is 9.53 Å². The molecule has 0 aromatic carbocycles. The van der Waals surface area contributed by atoms with Gasteiger partial charge in [0.15, 0.2) is 11.4 Å². The molecule has 0 bridgehead atoms. The molecule has 0 atom stereocenters. The SMILES string of the molecule is COc1cccn2c(C(=O)C=CN(C)C)c(C)nc12. The fourth-order valence-corrected chi connectivity index (χ4v) is 1.91. The molecule has 0 unspecified atom stereocenters. The summed E-state index contributed by atoms with van der Waals surface area (Å²) in [4.78, 5) is 18.4. The van der Waals surface area contributed by atoms with E-state index in [1.54, 1.807) is 17.7 Å². The molecule has 19 heavy (non-hydrogen) atoms. The number of hydrogen-bond acceptors (Lipinski definition) is 4. The molecule has 2 aromatic rings.